The fourth-order valence-electron chi connectivity index (χ4n) is 2.44. The van der Waals surface area contributed by atoms with Gasteiger partial charge in [-0.3, -0.25) is 0 Å². The summed E-state index contributed by atoms with van der Waals surface area (Å²) < 4.78 is 0. The summed E-state index contributed by atoms with van der Waals surface area (Å²) in [6.45, 7) is 0. The molecule has 0 unspecified atom stereocenters. The molecule has 1 N–H and O–H groups in total. The van der Waals surface area contributed by atoms with Crippen molar-refractivity contribution in [1.82, 2.24) is 0 Å². The van der Waals surface area contributed by atoms with E-state index in [4.69, 9.17) is 5.11 Å². The minimum atomic E-state index is -0.838. The topological polar surface area (TPSA) is 37.3 Å². The highest BCUT2D eigenvalue weighted by Crippen LogP contribution is 2.32. The van der Waals surface area contributed by atoms with Crippen molar-refractivity contribution in [2.45, 2.75) is 19.3 Å². The average molecular weight is 244 g/mol. The zero-order valence-corrected chi connectivity index (χ0v) is 10.1. The second-order valence-corrected chi connectivity index (χ2v) is 5.22. The third kappa shape index (κ3) is 1.76. The lowest BCUT2D eigenvalue weighted by Gasteiger charge is -2.04. The molecule has 0 atom stereocenters. The van der Waals surface area contributed by atoms with Crippen LogP contribution in [0.4, 0.5) is 0 Å². The third-order valence-corrected chi connectivity index (χ3v) is 4.17. The predicted octanol–water partition coefficient (Wildman–Crippen LogP) is 3.60. The first-order chi connectivity index (χ1) is 8.25. The zero-order chi connectivity index (χ0) is 11.8. The fourth-order valence-corrected chi connectivity index (χ4v) is 3.20. The molecule has 0 fully saturated rings. The van der Waals surface area contributed by atoms with Crippen molar-refractivity contribution in [1.29, 1.82) is 0 Å². The van der Waals surface area contributed by atoms with Crippen LogP contribution in [0.3, 0.4) is 0 Å². The van der Waals surface area contributed by atoms with Gasteiger partial charge < -0.3 is 5.11 Å². The van der Waals surface area contributed by atoms with Gasteiger partial charge in [0.1, 0.15) is 4.88 Å². The molecular formula is C14H12O2S. The number of carbonyl (C=O) groups is 1. The van der Waals surface area contributed by atoms with E-state index in [1.807, 2.05) is 17.5 Å². The highest BCUT2D eigenvalue weighted by atomic mass is 32.1. The van der Waals surface area contributed by atoms with Crippen molar-refractivity contribution in [3.05, 3.63) is 45.6 Å². The Morgan fingerprint density at radius 3 is 2.82 bits per heavy atom. The van der Waals surface area contributed by atoms with Crippen LogP contribution in [0.2, 0.25) is 0 Å². The summed E-state index contributed by atoms with van der Waals surface area (Å²) in [5.74, 6) is -0.838. The quantitative estimate of drug-likeness (QED) is 0.876. The predicted molar refractivity (Wildman–Crippen MR) is 68.7 cm³/mol. The second kappa shape index (κ2) is 4.00. The first-order valence-corrected chi connectivity index (χ1v) is 6.56. The summed E-state index contributed by atoms with van der Waals surface area (Å²) in [6.07, 6.45) is 3.50. The van der Waals surface area contributed by atoms with Crippen molar-refractivity contribution in [2.75, 3.05) is 0 Å². The van der Waals surface area contributed by atoms with E-state index in [9.17, 15) is 4.79 Å². The molecule has 1 aromatic heterocycles. The Morgan fingerprint density at radius 1 is 1.18 bits per heavy atom. The van der Waals surface area contributed by atoms with Gasteiger partial charge in [-0.1, -0.05) is 18.2 Å². The molecule has 1 aromatic carbocycles. The fraction of sp³-hybridized carbons (Fsp3) is 0.214. The van der Waals surface area contributed by atoms with Crippen LogP contribution < -0.4 is 0 Å². The molecule has 2 aromatic rings. The van der Waals surface area contributed by atoms with E-state index in [-0.39, 0.29) is 0 Å². The Morgan fingerprint density at radius 2 is 2.00 bits per heavy atom. The number of carboxylic acid groups (broad SMARTS) is 1. The molecule has 17 heavy (non-hydrogen) atoms. The van der Waals surface area contributed by atoms with Crippen molar-refractivity contribution >= 4 is 17.3 Å². The van der Waals surface area contributed by atoms with E-state index in [1.165, 1.54) is 28.9 Å². The summed E-state index contributed by atoms with van der Waals surface area (Å²) in [7, 11) is 0. The molecule has 3 heteroatoms. The highest BCUT2D eigenvalue weighted by molar-refractivity contribution is 7.12. The van der Waals surface area contributed by atoms with Crippen LogP contribution in [0.1, 0.15) is 27.2 Å². The molecule has 0 amide bonds. The first-order valence-electron chi connectivity index (χ1n) is 5.68. The minimum absolute atomic E-state index is 0.433. The smallest absolute Gasteiger partial charge is 0.346 e. The second-order valence-electron chi connectivity index (χ2n) is 4.31. The molecule has 86 valence electrons. The maximum absolute atomic E-state index is 11.1. The van der Waals surface area contributed by atoms with Crippen LogP contribution in [-0.2, 0) is 12.8 Å². The normalized spacial score (nSPS) is 13.6. The number of hydrogen-bond donors (Lipinski definition) is 1. The van der Waals surface area contributed by atoms with Gasteiger partial charge in [-0.15, -0.1) is 11.3 Å². The van der Waals surface area contributed by atoms with Crippen LogP contribution in [0.25, 0.3) is 11.1 Å². The van der Waals surface area contributed by atoms with Crippen LogP contribution >= 0.6 is 11.3 Å². The Bertz CT molecular complexity index is 584. The lowest BCUT2D eigenvalue weighted by molar-refractivity contribution is 0.0703. The van der Waals surface area contributed by atoms with Gasteiger partial charge in [0.2, 0.25) is 0 Å². The van der Waals surface area contributed by atoms with Crippen molar-refractivity contribution in [2.24, 2.45) is 0 Å². The Balaban J connectivity index is 2.09. The number of rotatable bonds is 2. The average Bonchev–Trinajstić information content (AvgIpc) is 2.96. The molecule has 0 radical (unpaired) electrons. The number of carboxylic acids is 1. The minimum Gasteiger partial charge on any atom is -0.477 e. The number of thiophene rings is 1. The standard InChI is InChI=1S/C14H12O2S/c15-14(16)13-12(6-7-17-13)11-5-4-9-2-1-3-10(9)8-11/h4-8H,1-3H2,(H,15,16). The van der Waals surface area contributed by atoms with E-state index in [0.29, 0.717) is 4.88 Å². The van der Waals surface area contributed by atoms with Gasteiger partial charge in [0, 0.05) is 5.56 Å². The largest absolute Gasteiger partial charge is 0.477 e. The highest BCUT2D eigenvalue weighted by Gasteiger charge is 2.16. The molecule has 0 saturated carbocycles. The van der Waals surface area contributed by atoms with Crippen molar-refractivity contribution in [3.63, 3.8) is 0 Å². The Labute approximate surface area is 104 Å². The number of aromatic carboxylic acids is 1. The molecule has 0 spiro atoms. The van der Waals surface area contributed by atoms with E-state index < -0.39 is 5.97 Å². The van der Waals surface area contributed by atoms with Crippen LogP contribution in [0.15, 0.2) is 29.6 Å². The number of hydrogen-bond acceptors (Lipinski definition) is 2. The Kier molecular flexibility index (Phi) is 2.48. The van der Waals surface area contributed by atoms with Gasteiger partial charge in [0.05, 0.1) is 0 Å². The molecule has 0 saturated heterocycles. The maximum atomic E-state index is 11.1. The monoisotopic (exact) mass is 244 g/mol. The summed E-state index contributed by atoms with van der Waals surface area (Å²) in [5, 5.41) is 11.0. The van der Waals surface area contributed by atoms with Crippen molar-refractivity contribution < 1.29 is 9.90 Å². The van der Waals surface area contributed by atoms with E-state index >= 15 is 0 Å². The number of fused-ring (bicyclic) bond motifs is 1. The summed E-state index contributed by atoms with van der Waals surface area (Å²) in [6, 6.07) is 8.22. The third-order valence-electron chi connectivity index (χ3n) is 3.27. The molecule has 2 nitrogen and oxygen atoms in total. The lowest BCUT2D eigenvalue weighted by Crippen LogP contribution is -1.95. The molecule has 0 aliphatic heterocycles. The Hall–Kier alpha value is -1.61. The number of benzene rings is 1. The zero-order valence-electron chi connectivity index (χ0n) is 9.27. The summed E-state index contributed by atoms with van der Waals surface area (Å²) in [4.78, 5) is 11.5. The van der Waals surface area contributed by atoms with Gasteiger partial charge in [-0.25, -0.2) is 4.79 Å². The molecule has 1 aliphatic rings. The van der Waals surface area contributed by atoms with Crippen LogP contribution in [0.5, 0.6) is 0 Å². The molecule has 1 heterocycles. The molecule has 3 rings (SSSR count). The van der Waals surface area contributed by atoms with E-state index in [1.54, 1.807) is 0 Å². The van der Waals surface area contributed by atoms with E-state index in [0.717, 1.165) is 24.0 Å². The molecular weight excluding hydrogens is 232 g/mol. The summed E-state index contributed by atoms with van der Waals surface area (Å²) >= 11 is 1.29. The first kappa shape index (κ1) is 10.5. The molecule has 0 bridgehead atoms. The summed E-state index contributed by atoms with van der Waals surface area (Å²) in [5.41, 5.74) is 4.67. The van der Waals surface area contributed by atoms with E-state index in [2.05, 4.69) is 12.1 Å². The molecule has 1 aliphatic carbocycles. The van der Waals surface area contributed by atoms with Crippen LogP contribution in [-0.4, -0.2) is 11.1 Å². The van der Waals surface area contributed by atoms with Gasteiger partial charge in [-0.05, 0) is 47.4 Å². The SMILES string of the molecule is O=C(O)c1sccc1-c1ccc2c(c1)CCC2. The van der Waals surface area contributed by atoms with Gasteiger partial charge >= 0.3 is 5.97 Å². The van der Waals surface area contributed by atoms with Gasteiger partial charge in [0.25, 0.3) is 0 Å². The van der Waals surface area contributed by atoms with Crippen LogP contribution in [0, 0.1) is 0 Å². The maximum Gasteiger partial charge on any atom is 0.346 e. The lowest BCUT2D eigenvalue weighted by atomic mass is 10.0. The number of aryl methyl sites for hydroxylation is 2. The van der Waals surface area contributed by atoms with Crippen molar-refractivity contribution in [3.8, 4) is 11.1 Å². The van der Waals surface area contributed by atoms with Gasteiger partial charge in [0.15, 0.2) is 0 Å². The van der Waals surface area contributed by atoms with Gasteiger partial charge in [-0.2, -0.15) is 0 Å².